The maximum absolute atomic E-state index is 12.4. The van der Waals surface area contributed by atoms with Crippen molar-refractivity contribution in [3.63, 3.8) is 0 Å². The Morgan fingerprint density at radius 1 is 1.36 bits per heavy atom. The number of carboxylic acid groups (broad SMARTS) is 1. The Morgan fingerprint density at radius 3 is 2.50 bits per heavy atom. The van der Waals surface area contributed by atoms with Crippen molar-refractivity contribution in [2.75, 3.05) is 0 Å². The highest BCUT2D eigenvalue weighted by Crippen LogP contribution is 2.32. The van der Waals surface area contributed by atoms with E-state index in [1.807, 2.05) is 0 Å². The second kappa shape index (κ2) is 5.98. The van der Waals surface area contributed by atoms with Gasteiger partial charge in [0.2, 0.25) is 5.91 Å². The first-order valence-electron chi connectivity index (χ1n) is 6.84. The largest absolute Gasteiger partial charge is 0.481 e. The van der Waals surface area contributed by atoms with Crippen LogP contribution in [0.3, 0.4) is 0 Å². The summed E-state index contributed by atoms with van der Waals surface area (Å²) >= 11 is 0. The van der Waals surface area contributed by atoms with E-state index in [0.717, 1.165) is 29.8 Å². The lowest BCUT2D eigenvalue weighted by Crippen LogP contribution is -2.48. The maximum atomic E-state index is 12.4. The molecule has 2 rings (SSSR count). The zero-order valence-electron chi connectivity index (χ0n) is 11.7. The van der Waals surface area contributed by atoms with Gasteiger partial charge in [0.25, 0.3) is 0 Å². The summed E-state index contributed by atoms with van der Waals surface area (Å²) < 4.78 is 38.2. The molecule has 0 saturated heterocycles. The summed E-state index contributed by atoms with van der Waals surface area (Å²) in [6.45, 7) is -0.378. The van der Waals surface area contributed by atoms with E-state index in [-0.39, 0.29) is 13.0 Å². The molecule has 1 aromatic heterocycles. The van der Waals surface area contributed by atoms with Crippen molar-refractivity contribution in [1.82, 2.24) is 15.1 Å². The number of amides is 1. The van der Waals surface area contributed by atoms with Crippen molar-refractivity contribution in [2.45, 2.75) is 50.4 Å². The molecule has 6 nitrogen and oxygen atoms in total. The summed E-state index contributed by atoms with van der Waals surface area (Å²) in [5, 5.41) is 14.9. The molecule has 0 spiro atoms. The zero-order valence-corrected chi connectivity index (χ0v) is 11.7. The number of aliphatic carboxylic acids is 1. The Morgan fingerprint density at radius 2 is 2.00 bits per heavy atom. The van der Waals surface area contributed by atoms with Crippen molar-refractivity contribution in [2.24, 2.45) is 0 Å². The van der Waals surface area contributed by atoms with Crippen molar-refractivity contribution < 1.29 is 27.9 Å². The van der Waals surface area contributed by atoms with Gasteiger partial charge in [0.15, 0.2) is 5.69 Å². The number of nitrogens with zero attached hydrogens (tertiary/aromatic N) is 2. The molecule has 0 aliphatic heterocycles. The quantitative estimate of drug-likeness (QED) is 0.867. The molecule has 122 valence electrons. The third-order valence-corrected chi connectivity index (χ3v) is 3.69. The number of nitrogens with one attached hydrogen (secondary N) is 1. The first-order valence-corrected chi connectivity index (χ1v) is 6.84. The molecule has 0 aromatic carbocycles. The van der Waals surface area contributed by atoms with Gasteiger partial charge in [-0.25, -0.2) is 0 Å². The van der Waals surface area contributed by atoms with Gasteiger partial charge in [-0.1, -0.05) is 12.8 Å². The van der Waals surface area contributed by atoms with E-state index in [9.17, 15) is 22.8 Å². The lowest BCUT2D eigenvalue weighted by Gasteiger charge is -2.28. The summed E-state index contributed by atoms with van der Waals surface area (Å²) in [6.07, 6.45) is -0.943. The van der Waals surface area contributed by atoms with Crippen LogP contribution in [0.5, 0.6) is 0 Å². The number of rotatable bonds is 5. The summed E-state index contributed by atoms with van der Waals surface area (Å²) in [5.41, 5.74) is -1.87. The topological polar surface area (TPSA) is 84.2 Å². The van der Waals surface area contributed by atoms with Crippen LogP contribution in [0.4, 0.5) is 13.2 Å². The highest BCUT2D eigenvalue weighted by Gasteiger charge is 2.38. The van der Waals surface area contributed by atoms with Crippen LogP contribution >= 0.6 is 0 Å². The number of hydrogen-bond acceptors (Lipinski definition) is 3. The normalized spacial score (nSPS) is 17.4. The first kappa shape index (κ1) is 16.3. The van der Waals surface area contributed by atoms with Gasteiger partial charge in [-0.3, -0.25) is 14.3 Å². The van der Waals surface area contributed by atoms with Crippen LogP contribution in [0.2, 0.25) is 0 Å². The van der Waals surface area contributed by atoms with Crippen molar-refractivity contribution >= 4 is 11.9 Å². The molecule has 1 saturated carbocycles. The summed E-state index contributed by atoms with van der Waals surface area (Å²) in [4.78, 5) is 22.9. The number of alkyl halides is 3. The van der Waals surface area contributed by atoms with Gasteiger partial charge >= 0.3 is 12.1 Å². The van der Waals surface area contributed by atoms with Gasteiger partial charge in [0.1, 0.15) is 6.54 Å². The average Bonchev–Trinajstić information content (AvgIpc) is 2.97. The fourth-order valence-corrected chi connectivity index (χ4v) is 2.77. The number of halogens is 3. The molecule has 1 aromatic rings. The lowest BCUT2D eigenvalue weighted by atomic mass is 9.93. The molecule has 9 heteroatoms. The molecule has 0 bridgehead atoms. The Balaban J connectivity index is 1.99. The number of carbonyl (C=O) groups excluding carboxylic acids is 1. The highest BCUT2D eigenvalue weighted by molar-refractivity contribution is 5.78. The van der Waals surface area contributed by atoms with E-state index in [2.05, 4.69) is 10.4 Å². The Hall–Kier alpha value is -2.06. The van der Waals surface area contributed by atoms with Crippen LogP contribution in [0, 0.1) is 0 Å². The molecule has 1 aliphatic carbocycles. The third kappa shape index (κ3) is 3.99. The highest BCUT2D eigenvalue weighted by atomic mass is 19.4. The number of carboxylic acids is 1. The minimum absolute atomic E-state index is 0.189. The lowest BCUT2D eigenvalue weighted by molar-refractivity contribution is -0.142. The molecule has 22 heavy (non-hydrogen) atoms. The minimum atomic E-state index is -4.56. The van der Waals surface area contributed by atoms with Crippen molar-refractivity contribution in [3.05, 3.63) is 18.0 Å². The van der Waals surface area contributed by atoms with Crippen molar-refractivity contribution in [3.8, 4) is 0 Å². The van der Waals surface area contributed by atoms with E-state index in [0.29, 0.717) is 12.8 Å². The van der Waals surface area contributed by atoms with E-state index < -0.39 is 29.3 Å². The number of hydrogen-bond donors (Lipinski definition) is 2. The van der Waals surface area contributed by atoms with E-state index >= 15 is 0 Å². The molecule has 2 N–H and O–H groups in total. The van der Waals surface area contributed by atoms with Gasteiger partial charge in [0, 0.05) is 6.20 Å². The first-order chi connectivity index (χ1) is 10.2. The van der Waals surface area contributed by atoms with Crippen LogP contribution in [0.25, 0.3) is 0 Å². The summed E-state index contributed by atoms with van der Waals surface area (Å²) in [5.74, 6) is -1.55. The van der Waals surface area contributed by atoms with Gasteiger partial charge in [-0.15, -0.1) is 0 Å². The van der Waals surface area contributed by atoms with E-state index in [1.165, 1.54) is 0 Å². The molecular weight excluding hydrogens is 303 g/mol. The van der Waals surface area contributed by atoms with Gasteiger partial charge in [-0.2, -0.15) is 18.3 Å². The zero-order chi connectivity index (χ0) is 16.4. The van der Waals surface area contributed by atoms with Crippen molar-refractivity contribution in [1.29, 1.82) is 0 Å². The molecule has 1 amide bonds. The number of carbonyl (C=O) groups is 2. The molecule has 0 radical (unpaired) electrons. The Bertz CT molecular complexity index is 562. The smallest absolute Gasteiger partial charge is 0.435 e. The predicted octanol–water partition coefficient (Wildman–Crippen LogP) is 1.81. The molecule has 1 fully saturated rings. The summed E-state index contributed by atoms with van der Waals surface area (Å²) in [7, 11) is 0. The SMILES string of the molecule is O=C(O)CC1(NC(=O)Cn2ccc(C(F)(F)F)n2)CCCC1. The van der Waals surface area contributed by atoms with Crippen LogP contribution in [-0.4, -0.2) is 32.3 Å². The fourth-order valence-electron chi connectivity index (χ4n) is 2.77. The van der Waals surface area contributed by atoms with Crippen LogP contribution in [0.1, 0.15) is 37.8 Å². The monoisotopic (exact) mass is 319 g/mol. The maximum Gasteiger partial charge on any atom is 0.435 e. The van der Waals surface area contributed by atoms with E-state index in [1.54, 1.807) is 0 Å². The van der Waals surface area contributed by atoms with Crippen LogP contribution < -0.4 is 5.32 Å². The summed E-state index contributed by atoms with van der Waals surface area (Å²) in [6, 6.07) is 0.788. The van der Waals surface area contributed by atoms with Crippen LogP contribution in [-0.2, 0) is 22.3 Å². The number of aromatic nitrogens is 2. The minimum Gasteiger partial charge on any atom is -0.481 e. The molecule has 1 heterocycles. The van der Waals surface area contributed by atoms with E-state index in [4.69, 9.17) is 5.11 Å². The average molecular weight is 319 g/mol. The second-order valence-electron chi connectivity index (χ2n) is 5.50. The standard InChI is InChI=1S/C13H16F3N3O3/c14-13(15,16)9-3-6-19(18-9)8-10(20)17-12(7-11(21)22)4-1-2-5-12/h3,6H,1-2,4-5,7-8H2,(H,17,20)(H,21,22). The predicted molar refractivity (Wildman–Crippen MR) is 68.8 cm³/mol. The third-order valence-electron chi connectivity index (χ3n) is 3.69. The van der Waals surface area contributed by atoms with Crippen LogP contribution in [0.15, 0.2) is 12.3 Å². The van der Waals surface area contributed by atoms with Gasteiger partial charge in [-0.05, 0) is 18.9 Å². The second-order valence-corrected chi connectivity index (χ2v) is 5.50. The molecule has 0 unspecified atom stereocenters. The fraction of sp³-hybridized carbons (Fsp3) is 0.615. The molecule has 0 atom stereocenters. The van der Waals surface area contributed by atoms with Gasteiger partial charge in [0.05, 0.1) is 12.0 Å². The Labute approximate surface area is 124 Å². The molecule has 1 aliphatic rings. The molecular formula is C13H16F3N3O3. The van der Waals surface area contributed by atoms with Gasteiger partial charge < -0.3 is 10.4 Å². The Kier molecular flexibility index (Phi) is 4.43.